The molecule has 0 saturated carbocycles. The van der Waals surface area contributed by atoms with Gasteiger partial charge in [0.25, 0.3) is 0 Å². The van der Waals surface area contributed by atoms with E-state index >= 15 is 0 Å². The number of imidazole rings is 1. The third kappa shape index (κ3) is 5.78. The van der Waals surface area contributed by atoms with Gasteiger partial charge in [0.2, 0.25) is 5.91 Å². The Morgan fingerprint density at radius 1 is 1.17 bits per heavy atom. The molecular weight excluding hydrogens is 439 g/mol. The highest BCUT2D eigenvalue weighted by molar-refractivity contribution is 7.99. The van der Waals surface area contributed by atoms with Crippen molar-refractivity contribution in [3.05, 3.63) is 76.6 Å². The predicted octanol–water partition coefficient (Wildman–Crippen LogP) is 4.83. The number of halogens is 4. The summed E-state index contributed by atoms with van der Waals surface area (Å²) in [6, 6.07) is 12.0. The number of aromatic nitrogens is 2. The Morgan fingerprint density at radius 2 is 1.87 bits per heavy atom. The number of rotatable bonds is 7. The first-order chi connectivity index (χ1) is 14.3. The normalized spacial score (nSPS) is 11.5. The third-order valence-corrected chi connectivity index (χ3v) is 5.30. The number of nitrogens with zero attached hydrogens (tertiary/aromatic N) is 2. The second-order valence-corrected chi connectivity index (χ2v) is 7.69. The fourth-order valence-corrected chi connectivity index (χ4v) is 3.62. The van der Waals surface area contributed by atoms with Crippen molar-refractivity contribution in [3.8, 4) is 0 Å². The van der Waals surface area contributed by atoms with Crippen molar-refractivity contribution in [2.75, 3.05) is 11.1 Å². The minimum atomic E-state index is -4.57. The van der Waals surface area contributed by atoms with Gasteiger partial charge in [-0.25, -0.2) is 4.98 Å². The maximum absolute atomic E-state index is 13.1. The number of para-hydroxylation sites is 1. The van der Waals surface area contributed by atoms with Crippen LogP contribution in [0.15, 0.2) is 59.9 Å². The van der Waals surface area contributed by atoms with Crippen LogP contribution >= 0.6 is 23.4 Å². The molecule has 0 aliphatic carbocycles. The smallest absolute Gasteiger partial charge is 0.390 e. The summed E-state index contributed by atoms with van der Waals surface area (Å²) in [5.74, 6) is -0.738. The number of carbonyl (C=O) groups excluding carboxylic acids is 1. The van der Waals surface area contributed by atoms with Crippen molar-refractivity contribution in [2.45, 2.75) is 24.5 Å². The van der Waals surface area contributed by atoms with Crippen LogP contribution in [0, 0.1) is 0 Å². The summed E-state index contributed by atoms with van der Waals surface area (Å²) in [6.45, 7) is 0.164. The molecule has 3 aromatic rings. The van der Waals surface area contributed by atoms with Crippen molar-refractivity contribution < 1.29 is 23.1 Å². The average Bonchev–Trinajstić information content (AvgIpc) is 3.09. The van der Waals surface area contributed by atoms with E-state index in [4.69, 9.17) is 11.6 Å². The minimum absolute atomic E-state index is 0.144. The summed E-state index contributed by atoms with van der Waals surface area (Å²) in [5.41, 5.74) is 0.160. The fraction of sp³-hybridized carbons (Fsp3) is 0.200. The van der Waals surface area contributed by atoms with Gasteiger partial charge in [0.15, 0.2) is 5.16 Å². The molecule has 0 bridgehead atoms. The Bertz CT molecular complexity index is 1020. The van der Waals surface area contributed by atoms with Crippen LogP contribution in [-0.4, -0.2) is 26.3 Å². The first-order valence-electron chi connectivity index (χ1n) is 8.76. The second-order valence-electron chi connectivity index (χ2n) is 6.31. The van der Waals surface area contributed by atoms with Crippen molar-refractivity contribution in [3.63, 3.8) is 0 Å². The summed E-state index contributed by atoms with van der Waals surface area (Å²) in [4.78, 5) is 16.5. The molecular formula is C20H17ClF3N3O2S. The number of alkyl halides is 3. The highest BCUT2D eigenvalue weighted by Crippen LogP contribution is 2.34. The Hall–Kier alpha value is -2.49. The molecule has 0 atom stereocenters. The molecule has 1 aromatic heterocycles. The lowest BCUT2D eigenvalue weighted by Crippen LogP contribution is -2.18. The zero-order chi connectivity index (χ0) is 21.7. The van der Waals surface area contributed by atoms with Gasteiger partial charge in [-0.15, -0.1) is 0 Å². The molecule has 0 radical (unpaired) electrons. The lowest BCUT2D eigenvalue weighted by molar-refractivity contribution is -0.137. The maximum atomic E-state index is 13.1. The molecule has 0 spiro atoms. The number of aliphatic hydroxyl groups excluding tert-OH is 1. The number of hydrogen-bond acceptors (Lipinski definition) is 4. The van der Waals surface area contributed by atoms with E-state index in [1.807, 2.05) is 12.1 Å². The van der Waals surface area contributed by atoms with Gasteiger partial charge in [0.05, 0.1) is 29.3 Å². The second kappa shape index (κ2) is 9.55. The van der Waals surface area contributed by atoms with E-state index < -0.39 is 17.6 Å². The van der Waals surface area contributed by atoms with E-state index in [0.717, 1.165) is 23.4 Å². The molecule has 0 aliphatic rings. The van der Waals surface area contributed by atoms with Crippen LogP contribution < -0.4 is 5.32 Å². The molecule has 10 heteroatoms. The maximum Gasteiger partial charge on any atom is 0.418 e. The van der Waals surface area contributed by atoms with E-state index in [2.05, 4.69) is 10.3 Å². The summed E-state index contributed by atoms with van der Waals surface area (Å²) in [6.07, 6.45) is -2.91. The van der Waals surface area contributed by atoms with E-state index in [-0.39, 0.29) is 18.0 Å². The molecule has 3 rings (SSSR count). The molecule has 0 saturated heterocycles. The Labute approximate surface area is 179 Å². The third-order valence-electron chi connectivity index (χ3n) is 4.06. The van der Waals surface area contributed by atoms with Gasteiger partial charge in [-0.05, 0) is 29.8 Å². The molecule has 0 fully saturated rings. The van der Waals surface area contributed by atoms with Crippen molar-refractivity contribution in [2.24, 2.45) is 0 Å². The molecule has 1 heterocycles. The summed E-state index contributed by atoms with van der Waals surface area (Å²) < 4.78 is 41.0. The van der Waals surface area contributed by atoms with E-state index in [0.29, 0.717) is 22.4 Å². The summed E-state index contributed by atoms with van der Waals surface area (Å²) in [7, 11) is 0. The van der Waals surface area contributed by atoms with Crippen LogP contribution in [0.25, 0.3) is 0 Å². The number of aliphatic hydroxyl groups is 1. The van der Waals surface area contributed by atoms with Crippen LogP contribution in [0.1, 0.15) is 16.8 Å². The number of thioether (sulfide) groups is 1. The van der Waals surface area contributed by atoms with Crippen molar-refractivity contribution in [1.82, 2.24) is 9.55 Å². The molecule has 2 N–H and O–H groups in total. The van der Waals surface area contributed by atoms with Crippen LogP contribution in [-0.2, 0) is 24.1 Å². The SMILES string of the molecule is O=C(CSc1nc(CO)cn1Cc1ccc(Cl)cc1)Nc1ccccc1C(F)(F)F. The van der Waals surface area contributed by atoms with Gasteiger partial charge in [0.1, 0.15) is 0 Å². The van der Waals surface area contributed by atoms with Crippen LogP contribution in [0.2, 0.25) is 5.02 Å². The topological polar surface area (TPSA) is 67.1 Å². The van der Waals surface area contributed by atoms with Gasteiger partial charge in [-0.1, -0.05) is 47.6 Å². The standard InChI is InChI=1S/C20H17ClF3N3O2S/c21-14-7-5-13(6-8-14)9-27-10-15(11-28)25-19(27)30-12-18(29)26-17-4-2-1-3-16(17)20(22,23)24/h1-8,10,28H,9,11-12H2,(H,26,29). The van der Waals surface area contributed by atoms with E-state index in [1.54, 1.807) is 22.9 Å². The molecule has 2 aromatic carbocycles. The van der Waals surface area contributed by atoms with Gasteiger partial charge < -0.3 is 15.0 Å². The summed E-state index contributed by atoms with van der Waals surface area (Å²) in [5, 5.41) is 12.7. The lowest BCUT2D eigenvalue weighted by Gasteiger charge is -2.13. The van der Waals surface area contributed by atoms with Crippen LogP contribution in [0.3, 0.4) is 0 Å². The predicted molar refractivity (Wildman–Crippen MR) is 110 cm³/mol. The van der Waals surface area contributed by atoms with Crippen LogP contribution in [0.5, 0.6) is 0 Å². The lowest BCUT2D eigenvalue weighted by atomic mass is 10.1. The summed E-state index contributed by atoms with van der Waals surface area (Å²) >= 11 is 6.96. The number of anilines is 1. The average molecular weight is 456 g/mol. The first-order valence-corrected chi connectivity index (χ1v) is 10.1. The molecule has 5 nitrogen and oxygen atoms in total. The van der Waals surface area contributed by atoms with Gasteiger partial charge in [-0.3, -0.25) is 4.79 Å². The highest BCUT2D eigenvalue weighted by Gasteiger charge is 2.33. The highest BCUT2D eigenvalue weighted by atomic mass is 35.5. The molecule has 158 valence electrons. The van der Waals surface area contributed by atoms with Crippen molar-refractivity contribution in [1.29, 1.82) is 0 Å². The quantitative estimate of drug-likeness (QED) is 0.501. The van der Waals surface area contributed by atoms with Gasteiger partial charge >= 0.3 is 6.18 Å². The number of carbonyl (C=O) groups is 1. The monoisotopic (exact) mass is 455 g/mol. The van der Waals surface area contributed by atoms with Crippen molar-refractivity contribution >= 4 is 35.0 Å². The first kappa shape index (κ1) is 22.2. The molecule has 1 amide bonds. The van der Waals surface area contributed by atoms with E-state index in [9.17, 15) is 23.1 Å². The number of benzene rings is 2. The van der Waals surface area contributed by atoms with Gasteiger partial charge in [-0.2, -0.15) is 13.2 Å². The zero-order valence-electron chi connectivity index (χ0n) is 15.5. The molecule has 30 heavy (non-hydrogen) atoms. The van der Waals surface area contributed by atoms with Crippen LogP contribution in [0.4, 0.5) is 18.9 Å². The Kier molecular flexibility index (Phi) is 7.06. The van der Waals surface area contributed by atoms with E-state index in [1.165, 1.54) is 18.2 Å². The molecule has 0 unspecified atom stereocenters. The number of nitrogens with one attached hydrogen (secondary N) is 1. The zero-order valence-corrected chi connectivity index (χ0v) is 17.1. The largest absolute Gasteiger partial charge is 0.418 e. The Balaban J connectivity index is 1.69. The number of amides is 1. The fourth-order valence-electron chi connectivity index (χ4n) is 2.70. The van der Waals surface area contributed by atoms with Gasteiger partial charge in [0, 0.05) is 17.8 Å². The minimum Gasteiger partial charge on any atom is -0.390 e. The Morgan fingerprint density at radius 3 is 2.53 bits per heavy atom. The molecule has 0 aliphatic heterocycles. The number of hydrogen-bond donors (Lipinski definition) is 2.